The van der Waals surface area contributed by atoms with Gasteiger partial charge in [-0.2, -0.15) is 0 Å². The molecule has 6 nitrogen and oxygen atoms in total. The van der Waals surface area contributed by atoms with Gasteiger partial charge in [-0.05, 0) is 34.9 Å². The SMILES string of the molecule is CN1C(=O)C(c2ccc(CF)nc2)(c2cccc(-c3cccnc3)c2)N=C1N. The number of amides is 1. The summed E-state index contributed by atoms with van der Waals surface area (Å²) in [6.07, 6.45) is 4.94. The Balaban J connectivity index is 1.91. The summed E-state index contributed by atoms with van der Waals surface area (Å²) < 4.78 is 12.9. The Labute approximate surface area is 161 Å². The Morgan fingerprint density at radius 2 is 1.89 bits per heavy atom. The number of carbonyl (C=O) groups excluding carboxylic acids is 1. The molecule has 1 atom stereocenters. The lowest BCUT2D eigenvalue weighted by atomic mass is 9.82. The van der Waals surface area contributed by atoms with Crippen LogP contribution in [0.25, 0.3) is 11.1 Å². The fourth-order valence-corrected chi connectivity index (χ4v) is 3.36. The molecular weight excluding hydrogens is 357 g/mol. The summed E-state index contributed by atoms with van der Waals surface area (Å²) in [5.41, 5.74) is 7.92. The number of alkyl halides is 1. The lowest BCUT2D eigenvalue weighted by molar-refractivity contribution is -0.129. The van der Waals surface area contributed by atoms with E-state index in [9.17, 15) is 9.18 Å². The van der Waals surface area contributed by atoms with Crippen molar-refractivity contribution in [2.75, 3.05) is 7.05 Å². The molecule has 3 heterocycles. The van der Waals surface area contributed by atoms with Gasteiger partial charge in [0.25, 0.3) is 5.91 Å². The predicted octanol–water partition coefficient (Wildman–Crippen LogP) is 2.64. The number of carbonyl (C=O) groups is 1. The zero-order valence-electron chi connectivity index (χ0n) is 15.2. The largest absolute Gasteiger partial charge is 0.369 e. The first-order valence-corrected chi connectivity index (χ1v) is 8.72. The van der Waals surface area contributed by atoms with Crippen LogP contribution in [0.4, 0.5) is 4.39 Å². The highest BCUT2D eigenvalue weighted by atomic mass is 19.1. The smallest absolute Gasteiger partial charge is 0.266 e. The molecule has 1 aliphatic rings. The van der Waals surface area contributed by atoms with Gasteiger partial charge in [-0.3, -0.25) is 19.7 Å². The number of nitrogens with zero attached hydrogens (tertiary/aromatic N) is 4. The third kappa shape index (κ3) is 2.72. The van der Waals surface area contributed by atoms with Crippen molar-refractivity contribution in [2.45, 2.75) is 12.2 Å². The summed E-state index contributed by atoms with van der Waals surface area (Å²) in [7, 11) is 1.58. The Kier molecular flexibility index (Phi) is 4.35. The van der Waals surface area contributed by atoms with Crippen molar-refractivity contribution < 1.29 is 9.18 Å². The number of hydrogen-bond acceptors (Lipinski definition) is 5. The van der Waals surface area contributed by atoms with E-state index in [2.05, 4.69) is 15.0 Å². The number of nitrogens with two attached hydrogens (primary N) is 1. The van der Waals surface area contributed by atoms with Crippen LogP contribution in [0.1, 0.15) is 16.8 Å². The van der Waals surface area contributed by atoms with Crippen molar-refractivity contribution in [3.63, 3.8) is 0 Å². The van der Waals surface area contributed by atoms with Gasteiger partial charge in [0.2, 0.25) is 0 Å². The molecule has 0 bridgehead atoms. The van der Waals surface area contributed by atoms with Crippen molar-refractivity contribution in [1.82, 2.24) is 14.9 Å². The third-order valence-corrected chi connectivity index (χ3v) is 4.89. The summed E-state index contributed by atoms with van der Waals surface area (Å²) in [4.78, 5) is 27.4. The molecular formula is C21H18FN5O. The van der Waals surface area contributed by atoms with E-state index in [0.717, 1.165) is 11.1 Å². The van der Waals surface area contributed by atoms with Crippen LogP contribution in [-0.4, -0.2) is 33.8 Å². The zero-order chi connectivity index (χ0) is 19.7. The molecule has 3 aromatic rings. The monoisotopic (exact) mass is 375 g/mol. The summed E-state index contributed by atoms with van der Waals surface area (Å²) in [5.74, 6) is -0.172. The van der Waals surface area contributed by atoms with Crippen LogP contribution in [0.15, 0.2) is 72.1 Å². The average molecular weight is 375 g/mol. The van der Waals surface area contributed by atoms with Crippen LogP contribution in [-0.2, 0) is 17.0 Å². The lowest BCUT2D eigenvalue weighted by Gasteiger charge is -2.26. The number of aromatic nitrogens is 2. The highest BCUT2D eigenvalue weighted by Gasteiger charge is 2.49. The van der Waals surface area contributed by atoms with E-state index in [0.29, 0.717) is 16.8 Å². The maximum absolute atomic E-state index is 13.3. The maximum Gasteiger partial charge on any atom is 0.266 e. The molecule has 0 saturated heterocycles. The molecule has 0 aliphatic carbocycles. The van der Waals surface area contributed by atoms with Gasteiger partial charge in [0.15, 0.2) is 11.5 Å². The van der Waals surface area contributed by atoms with Gasteiger partial charge in [-0.25, -0.2) is 9.38 Å². The molecule has 140 valence electrons. The topological polar surface area (TPSA) is 84.5 Å². The van der Waals surface area contributed by atoms with Gasteiger partial charge in [0.1, 0.15) is 6.67 Å². The van der Waals surface area contributed by atoms with Crippen molar-refractivity contribution in [2.24, 2.45) is 10.7 Å². The standard InChI is InChI=1S/C21H18FN5O/c1-27-19(28)21(26-20(27)23,17-7-8-18(11-22)25-13-17)16-6-2-4-14(10-16)15-5-3-9-24-12-15/h2-10,12-13H,11H2,1H3,(H2,23,26). The van der Waals surface area contributed by atoms with Crippen LogP contribution in [0, 0.1) is 0 Å². The molecule has 2 aromatic heterocycles. The number of benzene rings is 1. The van der Waals surface area contributed by atoms with Gasteiger partial charge in [-0.1, -0.05) is 30.3 Å². The van der Waals surface area contributed by atoms with E-state index in [-0.39, 0.29) is 11.9 Å². The van der Waals surface area contributed by atoms with E-state index in [1.807, 2.05) is 36.4 Å². The molecule has 1 aliphatic heterocycles. The molecule has 0 spiro atoms. The molecule has 4 rings (SSSR count). The number of pyridine rings is 2. The Hall–Kier alpha value is -3.61. The fourth-order valence-electron chi connectivity index (χ4n) is 3.36. The van der Waals surface area contributed by atoms with Crippen LogP contribution < -0.4 is 5.73 Å². The van der Waals surface area contributed by atoms with E-state index >= 15 is 0 Å². The van der Waals surface area contributed by atoms with E-state index in [1.54, 1.807) is 31.6 Å². The molecule has 7 heteroatoms. The van der Waals surface area contributed by atoms with E-state index < -0.39 is 12.2 Å². The van der Waals surface area contributed by atoms with Crippen molar-refractivity contribution >= 4 is 11.9 Å². The van der Waals surface area contributed by atoms with Gasteiger partial charge < -0.3 is 5.73 Å². The summed E-state index contributed by atoms with van der Waals surface area (Å²) >= 11 is 0. The highest BCUT2D eigenvalue weighted by Crippen LogP contribution is 2.40. The minimum Gasteiger partial charge on any atom is -0.369 e. The molecule has 2 N–H and O–H groups in total. The zero-order valence-corrected chi connectivity index (χ0v) is 15.2. The first-order valence-electron chi connectivity index (χ1n) is 8.72. The van der Waals surface area contributed by atoms with E-state index in [1.165, 1.54) is 11.1 Å². The predicted molar refractivity (Wildman–Crippen MR) is 104 cm³/mol. The summed E-state index contributed by atoms with van der Waals surface area (Å²) in [6, 6.07) is 14.5. The first-order chi connectivity index (χ1) is 13.6. The molecule has 0 radical (unpaired) electrons. The van der Waals surface area contributed by atoms with Crippen molar-refractivity contribution in [1.29, 1.82) is 0 Å². The van der Waals surface area contributed by atoms with Crippen LogP contribution in [0.5, 0.6) is 0 Å². The second kappa shape index (κ2) is 6.84. The molecule has 0 fully saturated rings. The summed E-state index contributed by atoms with van der Waals surface area (Å²) in [6.45, 7) is -0.678. The quantitative estimate of drug-likeness (QED) is 0.760. The minimum atomic E-state index is -1.36. The van der Waals surface area contributed by atoms with Crippen LogP contribution in [0.3, 0.4) is 0 Å². The molecule has 1 aromatic carbocycles. The number of guanidine groups is 1. The van der Waals surface area contributed by atoms with Crippen molar-refractivity contribution in [3.8, 4) is 11.1 Å². The minimum absolute atomic E-state index is 0.117. The number of hydrogen-bond donors (Lipinski definition) is 1. The third-order valence-electron chi connectivity index (χ3n) is 4.89. The molecule has 1 amide bonds. The number of halogens is 1. The second-order valence-electron chi connectivity index (χ2n) is 6.54. The highest BCUT2D eigenvalue weighted by molar-refractivity contribution is 6.09. The van der Waals surface area contributed by atoms with Crippen molar-refractivity contribution in [3.05, 3.63) is 83.9 Å². The lowest BCUT2D eigenvalue weighted by Crippen LogP contribution is -2.41. The number of likely N-dealkylation sites (N-methyl/N-ethyl adjacent to an activating group) is 1. The molecule has 0 saturated carbocycles. The second-order valence-corrected chi connectivity index (χ2v) is 6.54. The molecule has 1 unspecified atom stereocenters. The van der Waals surface area contributed by atoms with Gasteiger partial charge >= 0.3 is 0 Å². The maximum atomic E-state index is 13.3. The Morgan fingerprint density at radius 1 is 1.07 bits per heavy atom. The Bertz CT molecular complexity index is 1050. The van der Waals surface area contributed by atoms with Crippen LogP contribution in [0.2, 0.25) is 0 Å². The first kappa shape index (κ1) is 17.8. The normalized spacial score (nSPS) is 19.0. The van der Waals surface area contributed by atoms with Crippen LogP contribution >= 0.6 is 0 Å². The number of rotatable bonds is 4. The average Bonchev–Trinajstić information content (AvgIpc) is 2.99. The molecule has 28 heavy (non-hydrogen) atoms. The van der Waals surface area contributed by atoms with Gasteiger partial charge in [0.05, 0.1) is 5.69 Å². The summed E-state index contributed by atoms with van der Waals surface area (Å²) in [5, 5.41) is 0. The number of aliphatic imine (C=N–C) groups is 1. The van der Waals surface area contributed by atoms with Gasteiger partial charge in [0, 0.05) is 31.2 Å². The van der Waals surface area contributed by atoms with E-state index in [4.69, 9.17) is 5.73 Å². The van der Waals surface area contributed by atoms with Gasteiger partial charge in [-0.15, -0.1) is 0 Å². The Morgan fingerprint density at radius 3 is 2.50 bits per heavy atom. The fraction of sp³-hybridized carbons (Fsp3) is 0.143.